The topological polar surface area (TPSA) is 310 Å². The third-order valence-electron chi connectivity index (χ3n) is 7.30. The summed E-state index contributed by atoms with van der Waals surface area (Å²) in [4.78, 5) is 19.7. The molecule has 0 spiro atoms. The molecule has 2 aliphatic heterocycles. The lowest BCUT2D eigenvalue weighted by Crippen LogP contribution is -2.66. The number of hydrogen-bond donors (Lipinski definition) is 11. The third kappa shape index (κ3) is 7.71. The summed E-state index contributed by atoms with van der Waals surface area (Å²) in [7, 11) is 1.43. The summed E-state index contributed by atoms with van der Waals surface area (Å²) in [5, 5.41) is 76.4. The lowest BCUT2D eigenvalue weighted by Gasteiger charge is -2.45. The summed E-state index contributed by atoms with van der Waals surface area (Å²) in [5.74, 6) is -0.500. The number of guanidine groups is 1. The Morgan fingerprint density at radius 1 is 0.952 bits per heavy atom. The molecule has 3 rings (SSSR count). The first-order valence-electron chi connectivity index (χ1n) is 12.2. The molecule has 42 heavy (non-hydrogen) atoms. The molecule has 0 aromatic rings. The van der Waals surface area contributed by atoms with Gasteiger partial charge in [0.25, 0.3) is 0 Å². The number of aldehydes is 1. The number of nitrogens with zero attached hydrogens (tertiary/aromatic N) is 2. The van der Waals surface area contributed by atoms with E-state index in [9.17, 15) is 40.5 Å². The second kappa shape index (κ2) is 16.8. The minimum atomic E-state index is -2.36. The largest absolute Gasteiger partial charge is 0.394 e. The highest BCUT2D eigenvalue weighted by Crippen LogP contribution is 2.38. The minimum absolute atomic E-state index is 0. The molecule has 0 aromatic heterocycles. The van der Waals surface area contributed by atoms with Crippen LogP contribution in [0.15, 0.2) is 9.98 Å². The van der Waals surface area contributed by atoms with E-state index >= 15 is 0 Å². The first-order valence-corrected chi connectivity index (χ1v) is 12.2. The summed E-state index contributed by atoms with van der Waals surface area (Å²) in [6.45, 7) is 0.641. The van der Waals surface area contributed by atoms with Crippen molar-refractivity contribution in [1.82, 2.24) is 5.32 Å². The van der Waals surface area contributed by atoms with E-state index in [1.807, 2.05) is 0 Å². The van der Waals surface area contributed by atoms with Crippen LogP contribution in [0.5, 0.6) is 0 Å². The molecular weight excluding hydrogens is 635 g/mol. The Balaban J connectivity index is 0.00000560. The minimum Gasteiger partial charge on any atom is -0.394 e. The van der Waals surface area contributed by atoms with Crippen LogP contribution in [-0.4, -0.2) is 159 Å². The Kier molecular flexibility index (Phi) is 16.3. The Bertz CT molecular complexity index is 913. The average Bonchev–Trinajstić information content (AvgIpc) is 3.13. The maximum Gasteiger partial charge on any atom is 0.188 e. The summed E-state index contributed by atoms with van der Waals surface area (Å²) in [5.41, 5.74) is 13.9. The number of nitrogens with two attached hydrogens (primary N) is 3. The number of nitrogens with one attached hydrogen (secondary N) is 1. The standard InChI is InChI=1S/C21H38N6O12.3ClH/c1-6-21(35,4-29)17(39-18-10(25-2)14(33)11(30)7(3-28)37-18)19(36-6)38-16-9(27-20(23)24)12(31)8(26-5-22)13(32)15(16)34;;;/h4-19,25,28,30-35H,3H2,1-2H3,(H2,22,26)(H4,23,24,27);3*1H/t6-,7-,8+,9-,10-,11-,12-,13-,14-,15+,16+,17-,18-,19+,21+;;;/m0.../s1. The van der Waals surface area contributed by atoms with Gasteiger partial charge in [-0.3, -0.25) is 9.79 Å². The first-order chi connectivity index (χ1) is 18.4. The molecule has 21 heteroatoms. The van der Waals surface area contributed by atoms with Crippen LogP contribution in [0, 0.1) is 0 Å². The number of aliphatic hydroxyl groups excluding tert-OH is 6. The molecule has 3 aliphatic rings. The number of carbonyl (C=O) groups excluding carboxylic acids is 1. The van der Waals surface area contributed by atoms with Gasteiger partial charge in [-0.1, -0.05) is 0 Å². The van der Waals surface area contributed by atoms with Gasteiger partial charge in [-0.2, -0.15) is 0 Å². The molecule has 0 unspecified atom stereocenters. The molecule has 0 amide bonds. The van der Waals surface area contributed by atoms with Crippen molar-refractivity contribution in [2.45, 2.75) is 98.2 Å². The van der Waals surface area contributed by atoms with Crippen LogP contribution in [0.2, 0.25) is 0 Å². The quantitative estimate of drug-likeness (QED) is 0.0615. The highest BCUT2D eigenvalue weighted by molar-refractivity contribution is 5.86. The van der Waals surface area contributed by atoms with E-state index in [1.165, 1.54) is 14.0 Å². The van der Waals surface area contributed by atoms with E-state index in [2.05, 4.69) is 15.3 Å². The number of carbonyl (C=O) groups is 1. The number of ether oxygens (including phenoxy) is 4. The third-order valence-corrected chi connectivity index (χ3v) is 7.30. The Morgan fingerprint density at radius 2 is 1.57 bits per heavy atom. The van der Waals surface area contributed by atoms with Gasteiger partial charge in [0.05, 0.1) is 25.1 Å². The maximum absolute atomic E-state index is 12.0. The van der Waals surface area contributed by atoms with Crippen molar-refractivity contribution >= 4 is 55.8 Å². The van der Waals surface area contributed by atoms with Crippen molar-refractivity contribution in [2.24, 2.45) is 27.2 Å². The summed E-state index contributed by atoms with van der Waals surface area (Å²) in [6, 6.07) is -3.88. The molecule has 248 valence electrons. The Morgan fingerprint density at radius 3 is 2.07 bits per heavy atom. The van der Waals surface area contributed by atoms with Crippen molar-refractivity contribution in [3.05, 3.63) is 0 Å². The van der Waals surface area contributed by atoms with Crippen LogP contribution in [0.1, 0.15) is 6.92 Å². The van der Waals surface area contributed by atoms with Crippen LogP contribution in [0.4, 0.5) is 0 Å². The van der Waals surface area contributed by atoms with Crippen LogP contribution < -0.4 is 22.5 Å². The maximum atomic E-state index is 12.0. The van der Waals surface area contributed by atoms with E-state index in [4.69, 9.17) is 36.1 Å². The molecule has 3 fully saturated rings. The van der Waals surface area contributed by atoms with Crippen LogP contribution >= 0.6 is 37.2 Å². The zero-order valence-electron chi connectivity index (χ0n) is 22.5. The molecule has 2 heterocycles. The molecule has 18 nitrogen and oxygen atoms in total. The summed E-state index contributed by atoms with van der Waals surface area (Å²) >= 11 is 0. The lowest BCUT2D eigenvalue weighted by atomic mass is 9.81. The van der Waals surface area contributed by atoms with Gasteiger partial charge in [-0.05, 0) is 14.0 Å². The molecule has 14 N–H and O–H groups in total. The van der Waals surface area contributed by atoms with Gasteiger partial charge in [-0.25, -0.2) is 4.99 Å². The van der Waals surface area contributed by atoms with Gasteiger partial charge in [-0.15, -0.1) is 37.2 Å². The zero-order chi connectivity index (χ0) is 29.2. The van der Waals surface area contributed by atoms with Gasteiger partial charge >= 0.3 is 0 Å². The van der Waals surface area contributed by atoms with Crippen molar-refractivity contribution in [3.8, 4) is 0 Å². The predicted molar refractivity (Wildman–Crippen MR) is 152 cm³/mol. The molecule has 15 atom stereocenters. The highest BCUT2D eigenvalue weighted by Gasteiger charge is 2.60. The SMILES string of the molecule is CN[C@@H]1[C@H](O[C@H]2[C@@H](O[C@H]3[C@H](O)[C@@H](O)[C@H](N=CN)[C@H](O)[C@@H]3N=C(N)N)O[C@@H](C)[C@]2(O)C=O)O[C@@H](CO)[C@H](O)[C@H]1O.Cl.Cl.Cl. The molecule has 2 saturated heterocycles. The van der Waals surface area contributed by atoms with Crippen molar-refractivity contribution in [1.29, 1.82) is 0 Å². The number of halogens is 3. The van der Waals surface area contributed by atoms with Crippen LogP contribution in [-0.2, 0) is 23.7 Å². The Labute approximate surface area is 259 Å². The summed E-state index contributed by atoms with van der Waals surface area (Å²) < 4.78 is 22.9. The second-order valence-corrected chi connectivity index (χ2v) is 9.64. The van der Waals surface area contributed by atoms with Crippen molar-refractivity contribution < 1.29 is 59.5 Å². The fraction of sp³-hybridized carbons (Fsp3) is 0.857. The number of likely N-dealkylation sites (N-methyl/N-ethyl adjacent to an activating group) is 1. The van der Waals surface area contributed by atoms with Gasteiger partial charge in [0.2, 0.25) is 0 Å². The van der Waals surface area contributed by atoms with E-state index in [0.717, 1.165) is 6.34 Å². The van der Waals surface area contributed by atoms with Crippen LogP contribution in [0.3, 0.4) is 0 Å². The first kappa shape index (κ1) is 40.8. The Hall–Kier alpha value is -1.20. The molecule has 1 aliphatic carbocycles. The van der Waals surface area contributed by atoms with Crippen molar-refractivity contribution in [3.63, 3.8) is 0 Å². The van der Waals surface area contributed by atoms with Gasteiger partial charge < -0.3 is 77.2 Å². The van der Waals surface area contributed by atoms with E-state index in [1.54, 1.807) is 0 Å². The normalized spacial score (nSPS) is 45.3. The summed E-state index contributed by atoms with van der Waals surface area (Å²) in [6.07, 6.45) is -16.1. The fourth-order valence-corrected chi connectivity index (χ4v) is 5.03. The van der Waals surface area contributed by atoms with Gasteiger partial charge in [0, 0.05) is 0 Å². The van der Waals surface area contributed by atoms with E-state index in [0.29, 0.717) is 0 Å². The van der Waals surface area contributed by atoms with Crippen molar-refractivity contribution in [2.75, 3.05) is 13.7 Å². The highest BCUT2D eigenvalue weighted by atomic mass is 35.5. The van der Waals surface area contributed by atoms with E-state index in [-0.39, 0.29) is 43.5 Å². The van der Waals surface area contributed by atoms with E-state index < -0.39 is 104 Å². The molecule has 0 radical (unpaired) electrons. The molecule has 1 saturated carbocycles. The van der Waals surface area contributed by atoms with Crippen LogP contribution in [0.25, 0.3) is 0 Å². The molecule has 0 aromatic carbocycles. The second-order valence-electron chi connectivity index (χ2n) is 9.64. The lowest BCUT2D eigenvalue weighted by molar-refractivity contribution is -0.314. The average molecular weight is 676 g/mol. The molecule has 0 bridgehead atoms. The predicted octanol–water partition coefficient (Wildman–Crippen LogP) is -6.18. The van der Waals surface area contributed by atoms with Gasteiger partial charge in [0.1, 0.15) is 60.9 Å². The number of rotatable bonds is 9. The number of aliphatic imine (C=N–C) groups is 2. The van der Waals surface area contributed by atoms with Gasteiger partial charge in [0.15, 0.2) is 30.4 Å². The molecular formula is C21H41Cl3N6O12. The number of hydrogen-bond acceptors (Lipinski definition) is 15. The number of aliphatic hydroxyl groups is 7. The smallest absolute Gasteiger partial charge is 0.188 e. The fourth-order valence-electron chi connectivity index (χ4n) is 5.03. The monoisotopic (exact) mass is 674 g/mol. The zero-order valence-corrected chi connectivity index (χ0v) is 24.9.